The summed E-state index contributed by atoms with van der Waals surface area (Å²) >= 11 is 0. The van der Waals surface area contributed by atoms with Gasteiger partial charge < -0.3 is 15.5 Å². The molecule has 0 saturated heterocycles. The SMILES string of the molecule is CCCCCCCCNC(C)c1cc(O)cc(O)c1. The number of hydrogen-bond acceptors (Lipinski definition) is 3. The highest BCUT2D eigenvalue weighted by Crippen LogP contribution is 2.24. The minimum Gasteiger partial charge on any atom is -0.508 e. The second-order valence-corrected chi connectivity index (χ2v) is 5.23. The molecule has 0 spiro atoms. The number of rotatable bonds is 9. The van der Waals surface area contributed by atoms with E-state index >= 15 is 0 Å². The Morgan fingerprint density at radius 2 is 1.53 bits per heavy atom. The Morgan fingerprint density at radius 1 is 0.947 bits per heavy atom. The molecule has 1 atom stereocenters. The number of benzene rings is 1. The van der Waals surface area contributed by atoms with E-state index in [4.69, 9.17) is 0 Å². The molecule has 0 aliphatic rings. The van der Waals surface area contributed by atoms with Gasteiger partial charge in [0.1, 0.15) is 11.5 Å². The number of phenolic OH excluding ortho intramolecular Hbond substituents is 2. The monoisotopic (exact) mass is 265 g/mol. The van der Waals surface area contributed by atoms with Gasteiger partial charge >= 0.3 is 0 Å². The van der Waals surface area contributed by atoms with Crippen LogP contribution in [0.25, 0.3) is 0 Å². The minimum atomic E-state index is 0.114. The maximum atomic E-state index is 9.45. The van der Waals surface area contributed by atoms with Crippen molar-refractivity contribution in [2.45, 2.75) is 58.4 Å². The van der Waals surface area contributed by atoms with Crippen molar-refractivity contribution >= 4 is 0 Å². The van der Waals surface area contributed by atoms with Crippen LogP contribution < -0.4 is 5.32 Å². The average molecular weight is 265 g/mol. The van der Waals surface area contributed by atoms with Crippen LogP contribution in [-0.4, -0.2) is 16.8 Å². The lowest BCUT2D eigenvalue weighted by molar-refractivity contribution is 0.445. The second kappa shape index (κ2) is 8.81. The van der Waals surface area contributed by atoms with Gasteiger partial charge in [0.2, 0.25) is 0 Å². The second-order valence-electron chi connectivity index (χ2n) is 5.23. The summed E-state index contributed by atoms with van der Waals surface area (Å²) in [5, 5.41) is 22.3. The van der Waals surface area contributed by atoms with Crippen LogP contribution in [0, 0.1) is 0 Å². The van der Waals surface area contributed by atoms with E-state index in [1.54, 1.807) is 12.1 Å². The molecule has 1 aromatic rings. The molecule has 0 radical (unpaired) electrons. The lowest BCUT2D eigenvalue weighted by atomic mass is 10.1. The third-order valence-corrected chi connectivity index (χ3v) is 3.41. The van der Waals surface area contributed by atoms with E-state index in [1.165, 1.54) is 44.6 Å². The Balaban J connectivity index is 2.22. The first kappa shape index (κ1) is 15.8. The van der Waals surface area contributed by atoms with E-state index in [9.17, 15) is 10.2 Å². The minimum absolute atomic E-state index is 0.114. The molecule has 0 saturated carbocycles. The Morgan fingerprint density at radius 3 is 2.16 bits per heavy atom. The Labute approximate surface area is 116 Å². The van der Waals surface area contributed by atoms with Gasteiger partial charge in [-0.2, -0.15) is 0 Å². The standard InChI is InChI=1S/C16H27NO2/c1-3-4-5-6-7-8-9-17-13(2)14-10-15(18)12-16(19)11-14/h10-13,17-19H,3-9H2,1-2H3. The van der Waals surface area contributed by atoms with Crippen LogP contribution in [0.5, 0.6) is 11.5 Å². The average Bonchev–Trinajstić information content (AvgIpc) is 2.36. The van der Waals surface area contributed by atoms with Gasteiger partial charge in [-0.3, -0.25) is 0 Å². The molecule has 3 N–H and O–H groups in total. The maximum Gasteiger partial charge on any atom is 0.119 e. The summed E-state index contributed by atoms with van der Waals surface area (Å²) < 4.78 is 0. The zero-order valence-electron chi connectivity index (χ0n) is 12.2. The maximum absolute atomic E-state index is 9.45. The summed E-state index contributed by atoms with van der Waals surface area (Å²) in [4.78, 5) is 0. The third-order valence-electron chi connectivity index (χ3n) is 3.41. The molecule has 3 heteroatoms. The van der Waals surface area contributed by atoms with E-state index < -0.39 is 0 Å². The number of phenols is 2. The topological polar surface area (TPSA) is 52.5 Å². The van der Waals surface area contributed by atoms with E-state index in [0.29, 0.717) is 0 Å². The van der Waals surface area contributed by atoms with Crippen LogP contribution in [0.3, 0.4) is 0 Å². The fourth-order valence-electron chi connectivity index (χ4n) is 2.21. The molecule has 1 aromatic carbocycles. The molecule has 0 amide bonds. The Bertz CT molecular complexity index is 346. The lowest BCUT2D eigenvalue weighted by Crippen LogP contribution is -2.19. The predicted molar refractivity (Wildman–Crippen MR) is 79.6 cm³/mol. The molecule has 0 aromatic heterocycles. The van der Waals surface area contributed by atoms with E-state index in [2.05, 4.69) is 12.2 Å². The molecule has 0 heterocycles. The largest absolute Gasteiger partial charge is 0.508 e. The highest BCUT2D eigenvalue weighted by Gasteiger charge is 2.07. The zero-order chi connectivity index (χ0) is 14.1. The summed E-state index contributed by atoms with van der Waals surface area (Å²) in [6.45, 7) is 5.25. The first-order valence-corrected chi connectivity index (χ1v) is 7.39. The summed E-state index contributed by atoms with van der Waals surface area (Å²) in [6.07, 6.45) is 7.73. The molecule has 1 unspecified atom stereocenters. The van der Waals surface area contributed by atoms with Crippen LogP contribution in [0.4, 0.5) is 0 Å². The van der Waals surface area contributed by atoms with Crippen LogP contribution >= 0.6 is 0 Å². The first-order chi connectivity index (χ1) is 9.13. The van der Waals surface area contributed by atoms with E-state index in [0.717, 1.165) is 12.1 Å². The number of nitrogens with one attached hydrogen (secondary N) is 1. The fraction of sp³-hybridized carbons (Fsp3) is 0.625. The number of aromatic hydroxyl groups is 2. The highest BCUT2D eigenvalue weighted by atomic mass is 16.3. The van der Waals surface area contributed by atoms with Crippen molar-refractivity contribution in [1.82, 2.24) is 5.32 Å². The van der Waals surface area contributed by atoms with Crippen LogP contribution in [0.1, 0.15) is 64.0 Å². The van der Waals surface area contributed by atoms with Crippen molar-refractivity contribution in [2.24, 2.45) is 0 Å². The van der Waals surface area contributed by atoms with Crippen molar-refractivity contribution in [3.8, 4) is 11.5 Å². The Kier molecular flexibility index (Phi) is 7.34. The molecule has 0 bridgehead atoms. The number of unbranched alkanes of at least 4 members (excludes halogenated alkanes) is 5. The number of hydrogen-bond donors (Lipinski definition) is 3. The first-order valence-electron chi connectivity index (χ1n) is 7.39. The molecule has 1 rings (SSSR count). The lowest BCUT2D eigenvalue weighted by Gasteiger charge is -2.15. The highest BCUT2D eigenvalue weighted by molar-refractivity contribution is 5.37. The zero-order valence-corrected chi connectivity index (χ0v) is 12.2. The predicted octanol–water partition coefficient (Wildman–Crippen LogP) is 4.11. The molecule has 108 valence electrons. The molecule has 0 aliphatic heterocycles. The third kappa shape index (κ3) is 6.48. The van der Waals surface area contributed by atoms with Gasteiger partial charge in [-0.1, -0.05) is 39.0 Å². The molecule has 3 nitrogen and oxygen atoms in total. The van der Waals surface area contributed by atoms with E-state index in [-0.39, 0.29) is 17.5 Å². The smallest absolute Gasteiger partial charge is 0.119 e. The van der Waals surface area contributed by atoms with Crippen molar-refractivity contribution in [2.75, 3.05) is 6.54 Å². The summed E-state index contributed by atoms with van der Waals surface area (Å²) in [5.74, 6) is 0.228. The molecule has 0 aliphatic carbocycles. The van der Waals surface area contributed by atoms with Gasteiger partial charge in [0.25, 0.3) is 0 Å². The van der Waals surface area contributed by atoms with Crippen LogP contribution in [0.2, 0.25) is 0 Å². The normalized spacial score (nSPS) is 12.5. The van der Waals surface area contributed by atoms with Crippen LogP contribution in [0.15, 0.2) is 18.2 Å². The van der Waals surface area contributed by atoms with Gasteiger partial charge in [-0.15, -0.1) is 0 Å². The van der Waals surface area contributed by atoms with Gasteiger partial charge in [0.05, 0.1) is 0 Å². The fourth-order valence-corrected chi connectivity index (χ4v) is 2.21. The molecule has 19 heavy (non-hydrogen) atoms. The summed E-state index contributed by atoms with van der Waals surface area (Å²) in [5.41, 5.74) is 0.920. The quantitative estimate of drug-likeness (QED) is 0.589. The Hall–Kier alpha value is -1.22. The van der Waals surface area contributed by atoms with Crippen LogP contribution in [-0.2, 0) is 0 Å². The van der Waals surface area contributed by atoms with Gasteiger partial charge in [0, 0.05) is 12.1 Å². The molecular formula is C16H27NO2. The van der Waals surface area contributed by atoms with Crippen molar-refractivity contribution in [3.63, 3.8) is 0 Å². The summed E-state index contributed by atoms with van der Waals surface area (Å²) in [7, 11) is 0. The van der Waals surface area contributed by atoms with Crippen molar-refractivity contribution in [1.29, 1.82) is 0 Å². The van der Waals surface area contributed by atoms with Gasteiger partial charge in [-0.25, -0.2) is 0 Å². The molecule has 0 fully saturated rings. The van der Waals surface area contributed by atoms with Gasteiger partial charge in [-0.05, 0) is 37.6 Å². The van der Waals surface area contributed by atoms with Crippen molar-refractivity contribution in [3.05, 3.63) is 23.8 Å². The molecular weight excluding hydrogens is 238 g/mol. The van der Waals surface area contributed by atoms with E-state index in [1.807, 2.05) is 6.92 Å². The van der Waals surface area contributed by atoms with Crippen molar-refractivity contribution < 1.29 is 10.2 Å². The summed E-state index contributed by atoms with van der Waals surface area (Å²) in [6, 6.07) is 4.88. The van der Waals surface area contributed by atoms with Gasteiger partial charge in [0.15, 0.2) is 0 Å².